The summed E-state index contributed by atoms with van der Waals surface area (Å²) in [7, 11) is 0. The topological polar surface area (TPSA) is 61.0 Å². The minimum Gasteiger partial charge on any atom is -0.383 e. The van der Waals surface area contributed by atoms with E-state index in [0.29, 0.717) is 18.5 Å². The maximum atomic E-state index is 6.23. The van der Waals surface area contributed by atoms with Gasteiger partial charge in [0.15, 0.2) is 5.16 Å². The molecule has 0 spiro atoms. The van der Waals surface area contributed by atoms with Gasteiger partial charge in [-0.25, -0.2) is 9.97 Å². The first-order valence-corrected chi connectivity index (χ1v) is 9.35. The Bertz CT molecular complexity index is 711. The van der Waals surface area contributed by atoms with Crippen LogP contribution in [0.2, 0.25) is 0 Å². The van der Waals surface area contributed by atoms with Crippen molar-refractivity contribution in [2.75, 3.05) is 11.5 Å². The summed E-state index contributed by atoms with van der Waals surface area (Å²) in [6, 6.07) is 0. The van der Waals surface area contributed by atoms with E-state index < -0.39 is 0 Å². The molecule has 1 unspecified atom stereocenters. The molecule has 118 valence electrons. The maximum absolute atomic E-state index is 6.23. The molecule has 2 aromatic rings. The van der Waals surface area contributed by atoms with Gasteiger partial charge in [0.05, 0.1) is 18.1 Å². The zero-order chi connectivity index (χ0) is 15.7. The van der Waals surface area contributed by atoms with Crippen molar-refractivity contribution in [1.82, 2.24) is 9.97 Å². The van der Waals surface area contributed by atoms with Crippen molar-refractivity contribution in [2.45, 2.75) is 51.0 Å². The molecule has 0 aromatic carbocycles. The van der Waals surface area contributed by atoms with E-state index >= 15 is 0 Å². The number of thioether (sulfide) groups is 1. The van der Waals surface area contributed by atoms with Crippen LogP contribution in [-0.2, 0) is 17.8 Å². The first kappa shape index (κ1) is 15.8. The Kier molecular flexibility index (Phi) is 4.70. The molecule has 0 fully saturated rings. The van der Waals surface area contributed by atoms with Gasteiger partial charge in [0.1, 0.15) is 10.6 Å². The molecule has 0 aliphatic carbocycles. The molecule has 0 bridgehead atoms. The fourth-order valence-corrected chi connectivity index (χ4v) is 4.57. The van der Waals surface area contributed by atoms with Gasteiger partial charge in [-0.15, -0.1) is 11.3 Å². The third kappa shape index (κ3) is 3.14. The molecule has 1 atom stereocenters. The lowest BCUT2D eigenvalue weighted by atomic mass is 10.0. The normalized spacial score (nSPS) is 17.6. The van der Waals surface area contributed by atoms with Gasteiger partial charge in [0, 0.05) is 17.1 Å². The summed E-state index contributed by atoms with van der Waals surface area (Å²) in [5.41, 5.74) is 8.64. The fraction of sp³-hybridized carbons (Fsp3) is 0.500. The van der Waals surface area contributed by atoms with Gasteiger partial charge in [0.2, 0.25) is 0 Å². The lowest BCUT2D eigenvalue weighted by molar-refractivity contribution is 0.0254. The van der Waals surface area contributed by atoms with Crippen molar-refractivity contribution in [1.29, 1.82) is 0 Å². The van der Waals surface area contributed by atoms with E-state index in [0.717, 1.165) is 46.0 Å². The number of nitrogen functional groups attached to an aromatic ring is 1. The lowest BCUT2D eigenvalue weighted by Gasteiger charge is -2.22. The maximum Gasteiger partial charge on any atom is 0.191 e. The Hall–Kier alpha value is -1.11. The Labute approximate surface area is 139 Å². The van der Waals surface area contributed by atoms with E-state index in [1.54, 1.807) is 23.1 Å². The quantitative estimate of drug-likeness (QED) is 0.504. The van der Waals surface area contributed by atoms with Crippen molar-refractivity contribution < 1.29 is 4.74 Å². The van der Waals surface area contributed by atoms with Crippen LogP contribution in [0.3, 0.4) is 0 Å². The third-order valence-electron chi connectivity index (χ3n) is 3.68. The van der Waals surface area contributed by atoms with Crippen LogP contribution in [0.15, 0.2) is 17.3 Å². The van der Waals surface area contributed by atoms with Gasteiger partial charge < -0.3 is 10.5 Å². The van der Waals surface area contributed by atoms with Gasteiger partial charge in [-0.2, -0.15) is 0 Å². The number of aromatic nitrogens is 2. The number of hydrogen-bond donors (Lipinski definition) is 1. The molecule has 4 nitrogen and oxygen atoms in total. The number of thiophene rings is 1. The minimum absolute atomic E-state index is 0.298. The van der Waals surface area contributed by atoms with E-state index in [-0.39, 0.29) is 0 Å². The summed E-state index contributed by atoms with van der Waals surface area (Å²) in [5.74, 6) is 1.42. The largest absolute Gasteiger partial charge is 0.383 e. The van der Waals surface area contributed by atoms with Crippen LogP contribution in [0.4, 0.5) is 5.82 Å². The molecule has 3 rings (SSSR count). The molecule has 6 heteroatoms. The molecule has 0 radical (unpaired) electrons. The van der Waals surface area contributed by atoms with Crippen LogP contribution in [0.1, 0.15) is 37.1 Å². The van der Waals surface area contributed by atoms with Crippen molar-refractivity contribution >= 4 is 39.1 Å². The van der Waals surface area contributed by atoms with Crippen LogP contribution in [0.5, 0.6) is 0 Å². The number of rotatable bonds is 5. The Balaban J connectivity index is 1.95. The van der Waals surface area contributed by atoms with Gasteiger partial charge >= 0.3 is 0 Å². The number of nitrogens with two attached hydrogens (primary N) is 1. The second-order valence-corrected chi connectivity index (χ2v) is 7.77. The van der Waals surface area contributed by atoms with Crippen molar-refractivity contribution in [3.8, 4) is 0 Å². The SMILES string of the molecule is C=C(C)CSc1nc(N)c2c3c(sc2n1)COC(CCC)C3. The lowest BCUT2D eigenvalue weighted by Crippen LogP contribution is -2.21. The van der Waals surface area contributed by atoms with Gasteiger partial charge in [0.25, 0.3) is 0 Å². The summed E-state index contributed by atoms with van der Waals surface area (Å²) in [6.07, 6.45) is 3.45. The minimum atomic E-state index is 0.298. The monoisotopic (exact) mass is 335 g/mol. The second kappa shape index (κ2) is 6.56. The zero-order valence-electron chi connectivity index (χ0n) is 13.0. The molecular weight excluding hydrogens is 314 g/mol. The molecule has 1 aliphatic rings. The summed E-state index contributed by atoms with van der Waals surface area (Å²) in [5, 5.41) is 1.78. The first-order valence-electron chi connectivity index (χ1n) is 7.55. The highest BCUT2D eigenvalue weighted by Gasteiger charge is 2.25. The number of hydrogen-bond acceptors (Lipinski definition) is 6. The van der Waals surface area contributed by atoms with Crippen LogP contribution in [0.25, 0.3) is 10.2 Å². The number of fused-ring (bicyclic) bond motifs is 3. The predicted octanol–water partition coefficient (Wildman–Crippen LogP) is 4.18. The van der Waals surface area contributed by atoms with Crippen molar-refractivity contribution in [2.24, 2.45) is 0 Å². The summed E-state index contributed by atoms with van der Waals surface area (Å²) in [4.78, 5) is 11.4. The Morgan fingerprint density at radius 1 is 1.50 bits per heavy atom. The van der Waals surface area contributed by atoms with Crippen molar-refractivity contribution in [3.63, 3.8) is 0 Å². The summed E-state index contributed by atoms with van der Waals surface area (Å²) < 4.78 is 5.93. The van der Waals surface area contributed by atoms with E-state index in [1.807, 2.05) is 6.92 Å². The highest BCUT2D eigenvalue weighted by atomic mass is 32.2. The number of nitrogens with zero attached hydrogens (tertiary/aromatic N) is 2. The van der Waals surface area contributed by atoms with Gasteiger partial charge in [-0.3, -0.25) is 0 Å². The third-order valence-corrected chi connectivity index (χ3v) is 5.86. The van der Waals surface area contributed by atoms with Gasteiger partial charge in [-0.05, 0) is 18.9 Å². The van der Waals surface area contributed by atoms with Crippen molar-refractivity contribution in [3.05, 3.63) is 22.6 Å². The standard InChI is InChI=1S/C16H21N3OS2/c1-4-5-10-6-11-12(7-20-10)22-15-13(11)14(17)18-16(19-15)21-8-9(2)3/h10H,2,4-8H2,1,3H3,(H2,17,18,19). The molecule has 2 aromatic heterocycles. The Morgan fingerprint density at radius 2 is 2.32 bits per heavy atom. The number of ether oxygens (including phenoxy) is 1. The van der Waals surface area contributed by atoms with Crippen LogP contribution in [0, 0.1) is 0 Å². The molecule has 2 N–H and O–H groups in total. The summed E-state index contributed by atoms with van der Waals surface area (Å²) >= 11 is 3.28. The summed E-state index contributed by atoms with van der Waals surface area (Å²) in [6.45, 7) is 8.78. The predicted molar refractivity (Wildman–Crippen MR) is 94.6 cm³/mol. The Morgan fingerprint density at radius 3 is 3.05 bits per heavy atom. The molecule has 22 heavy (non-hydrogen) atoms. The number of anilines is 1. The molecular formula is C16H21N3OS2. The van der Waals surface area contributed by atoms with Crippen LogP contribution < -0.4 is 5.73 Å². The van der Waals surface area contributed by atoms with E-state index in [9.17, 15) is 0 Å². The van der Waals surface area contributed by atoms with E-state index in [1.165, 1.54) is 10.4 Å². The highest BCUT2D eigenvalue weighted by Crippen LogP contribution is 2.39. The van der Waals surface area contributed by atoms with E-state index in [4.69, 9.17) is 10.5 Å². The van der Waals surface area contributed by atoms with E-state index in [2.05, 4.69) is 23.5 Å². The zero-order valence-corrected chi connectivity index (χ0v) is 14.6. The highest BCUT2D eigenvalue weighted by molar-refractivity contribution is 7.99. The molecule has 3 heterocycles. The fourth-order valence-electron chi connectivity index (χ4n) is 2.68. The second-order valence-electron chi connectivity index (χ2n) is 5.75. The average molecular weight is 335 g/mol. The molecule has 1 aliphatic heterocycles. The smallest absolute Gasteiger partial charge is 0.191 e. The van der Waals surface area contributed by atoms with Crippen LogP contribution in [-0.4, -0.2) is 21.8 Å². The average Bonchev–Trinajstić information content (AvgIpc) is 2.83. The first-order chi connectivity index (χ1) is 10.6. The molecule has 0 saturated carbocycles. The van der Waals surface area contributed by atoms with Crippen LogP contribution >= 0.6 is 23.1 Å². The molecule has 0 saturated heterocycles. The van der Waals surface area contributed by atoms with Gasteiger partial charge in [-0.1, -0.05) is 37.3 Å². The molecule has 0 amide bonds.